The van der Waals surface area contributed by atoms with E-state index in [1.165, 1.54) is 11.1 Å². The van der Waals surface area contributed by atoms with Crippen molar-refractivity contribution in [3.8, 4) is 11.5 Å². The van der Waals surface area contributed by atoms with Gasteiger partial charge in [-0.05, 0) is 37.1 Å². The molecule has 2 aromatic carbocycles. The molecule has 0 saturated heterocycles. The summed E-state index contributed by atoms with van der Waals surface area (Å²) in [6.07, 6.45) is 0. The van der Waals surface area contributed by atoms with Crippen molar-refractivity contribution in [2.24, 2.45) is 0 Å². The Kier molecular flexibility index (Phi) is 2.73. The number of rotatable bonds is 2. The van der Waals surface area contributed by atoms with Crippen molar-refractivity contribution in [3.05, 3.63) is 35.4 Å². The van der Waals surface area contributed by atoms with Crippen molar-refractivity contribution in [1.82, 2.24) is 0 Å². The fourth-order valence-electron chi connectivity index (χ4n) is 2.04. The maximum absolute atomic E-state index is 5.48. The van der Waals surface area contributed by atoms with Crippen LogP contribution in [0.3, 0.4) is 0 Å². The molecule has 0 aromatic heterocycles. The van der Waals surface area contributed by atoms with Gasteiger partial charge in [0.1, 0.15) is 11.5 Å². The number of aryl methyl sites for hydroxylation is 1. The monoisotopic (exact) mass is 216 g/mol. The molecule has 0 unspecified atom stereocenters. The molecule has 0 fully saturated rings. The van der Waals surface area contributed by atoms with Gasteiger partial charge in [-0.25, -0.2) is 0 Å². The number of benzene rings is 2. The molecule has 2 rings (SSSR count). The summed E-state index contributed by atoms with van der Waals surface area (Å²) >= 11 is 0. The van der Waals surface area contributed by atoms with Crippen LogP contribution in [-0.4, -0.2) is 14.2 Å². The van der Waals surface area contributed by atoms with Gasteiger partial charge in [-0.3, -0.25) is 0 Å². The third kappa shape index (κ3) is 1.51. The first-order valence-corrected chi connectivity index (χ1v) is 5.30. The Morgan fingerprint density at radius 3 is 2.31 bits per heavy atom. The van der Waals surface area contributed by atoms with E-state index >= 15 is 0 Å². The number of methoxy groups -OCH3 is 2. The summed E-state index contributed by atoms with van der Waals surface area (Å²) in [6, 6.07) is 8.16. The van der Waals surface area contributed by atoms with Gasteiger partial charge in [-0.1, -0.05) is 12.1 Å². The number of fused-ring (bicyclic) bond motifs is 1. The molecule has 0 aliphatic heterocycles. The summed E-state index contributed by atoms with van der Waals surface area (Å²) in [5, 5.41) is 2.20. The average molecular weight is 216 g/mol. The molecular weight excluding hydrogens is 200 g/mol. The minimum atomic E-state index is 0.888. The molecule has 0 aliphatic rings. The highest BCUT2D eigenvalue weighted by molar-refractivity contribution is 5.94. The fraction of sp³-hybridized carbons (Fsp3) is 0.286. The van der Waals surface area contributed by atoms with Crippen LogP contribution >= 0.6 is 0 Å². The Balaban J connectivity index is 2.89. The number of hydrogen-bond donors (Lipinski definition) is 0. The SMILES string of the molecule is COc1cccc2c(OC)c(C)c(C)cc12. The zero-order valence-corrected chi connectivity index (χ0v) is 10.1. The maximum atomic E-state index is 5.48. The topological polar surface area (TPSA) is 18.5 Å². The van der Waals surface area contributed by atoms with Gasteiger partial charge in [-0.15, -0.1) is 0 Å². The maximum Gasteiger partial charge on any atom is 0.129 e. The highest BCUT2D eigenvalue weighted by Gasteiger charge is 2.10. The van der Waals surface area contributed by atoms with Gasteiger partial charge >= 0.3 is 0 Å². The largest absolute Gasteiger partial charge is 0.496 e. The lowest BCUT2D eigenvalue weighted by molar-refractivity contribution is 0.413. The van der Waals surface area contributed by atoms with Crippen LogP contribution in [0, 0.1) is 13.8 Å². The quantitative estimate of drug-likeness (QED) is 0.765. The molecule has 0 saturated carbocycles. The van der Waals surface area contributed by atoms with Crippen LogP contribution < -0.4 is 9.47 Å². The highest BCUT2D eigenvalue weighted by Crippen LogP contribution is 2.36. The molecule has 0 aliphatic carbocycles. The second-order valence-corrected chi connectivity index (χ2v) is 3.91. The first kappa shape index (κ1) is 10.8. The van der Waals surface area contributed by atoms with Gasteiger partial charge < -0.3 is 9.47 Å². The van der Waals surface area contributed by atoms with E-state index in [0.29, 0.717) is 0 Å². The van der Waals surface area contributed by atoms with Crippen molar-refractivity contribution in [3.63, 3.8) is 0 Å². The van der Waals surface area contributed by atoms with Gasteiger partial charge in [0.2, 0.25) is 0 Å². The highest BCUT2D eigenvalue weighted by atomic mass is 16.5. The van der Waals surface area contributed by atoms with Gasteiger partial charge in [0.05, 0.1) is 14.2 Å². The molecule has 0 heterocycles. The molecule has 0 spiro atoms. The minimum Gasteiger partial charge on any atom is -0.496 e. The van der Waals surface area contributed by atoms with Gasteiger partial charge in [0.15, 0.2) is 0 Å². The molecule has 0 N–H and O–H groups in total. The molecule has 0 bridgehead atoms. The van der Waals surface area contributed by atoms with Crippen LogP contribution in [0.5, 0.6) is 11.5 Å². The van der Waals surface area contributed by atoms with E-state index in [4.69, 9.17) is 9.47 Å². The Hall–Kier alpha value is -1.70. The van der Waals surface area contributed by atoms with E-state index in [9.17, 15) is 0 Å². The van der Waals surface area contributed by atoms with Crippen LogP contribution in [0.1, 0.15) is 11.1 Å². The van der Waals surface area contributed by atoms with Crippen molar-refractivity contribution in [1.29, 1.82) is 0 Å². The lowest BCUT2D eigenvalue weighted by Crippen LogP contribution is -1.93. The Morgan fingerprint density at radius 2 is 1.69 bits per heavy atom. The van der Waals surface area contributed by atoms with E-state index in [1.54, 1.807) is 14.2 Å². The third-order valence-corrected chi connectivity index (χ3v) is 3.03. The third-order valence-electron chi connectivity index (χ3n) is 3.03. The van der Waals surface area contributed by atoms with E-state index in [1.807, 2.05) is 12.1 Å². The van der Waals surface area contributed by atoms with Crippen LogP contribution in [0.25, 0.3) is 10.8 Å². The Labute approximate surface area is 95.8 Å². The van der Waals surface area contributed by atoms with E-state index in [0.717, 1.165) is 22.3 Å². The summed E-state index contributed by atoms with van der Waals surface area (Å²) in [5.41, 5.74) is 2.40. The standard InChI is InChI=1S/C14H16O2/c1-9-8-12-11(14(16-4)10(9)2)6-5-7-13(12)15-3/h5-8H,1-4H3. The Bertz CT molecular complexity index is 530. The van der Waals surface area contributed by atoms with Crippen molar-refractivity contribution < 1.29 is 9.47 Å². The predicted octanol–water partition coefficient (Wildman–Crippen LogP) is 3.47. The van der Waals surface area contributed by atoms with E-state index < -0.39 is 0 Å². The Morgan fingerprint density at radius 1 is 0.938 bits per heavy atom. The first-order chi connectivity index (χ1) is 7.69. The molecule has 2 heteroatoms. The van der Waals surface area contributed by atoms with Crippen LogP contribution in [0.15, 0.2) is 24.3 Å². The average Bonchev–Trinajstić information content (AvgIpc) is 2.30. The zero-order chi connectivity index (χ0) is 11.7. The van der Waals surface area contributed by atoms with Crippen molar-refractivity contribution in [2.45, 2.75) is 13.8 Å². The molecule has 0 atom stereocenters. The summed E-state index contributed by atoms with van der Waals surface area (Å²) in [5.74, 6) is 1.83. The summed E-state index contributed by atoms with van der Waals surface area (Å²) in [4.78, 5) is 0. The van der Waals surface area contributed by atoms with Gasteiger partial charge in [0, 0.05) is 10.8 Å². The normalized spacial score (nSPS) is 10.5. The van der Waals surface area contributed by atoms with Gasteiger partial charge in [-0.2, -0.15) is 0 Å². The molecule has 2 nitrogen and oxygen atoms in total. The smallest absolute Gasteiger partial charge is 0.129 e. The minimum absolute atomic E-state index is 0.888. The molecule has 2 aromatic rings. The van der Waals surface area contributed by atoms with Crippen molar-refractivity contribution in [2.75, 3.05) is 14.2 Å². The summed E-state index contributed by atoms with van der Waals surface area (Å²) < 4.78 is 10.8. The van der Waals surface area contributed by atoms with Crippen LogP contribution in [0.4, 0.5) is 0 Å². The number of ether oxygens (including phenoxy) is 2. The molecule has 16 heavy (non-hydrogen) atoms. The van der Waals surface area contributed by atoms with Crippen molar-refractivity contribution >= 4 is 10.8 Å². The number of hydrogen-bond acceptors (Lipinski definition) is 2. The second-order valence-electron chi connectivity index (χ2n) is 3.91. The second kappa shape index (κ2) is 4.05. The molecule has 0 amide bonds. The molecular formula is C14H16O2. The molecule has 84 valence electrons. The first-order valence-electron chi connectivity index (χ1n) is 5.30. The van der Waals surface area contributed by atoms with Crippen LogP contribution in [0.2, 0.25) is 0 Å². The lowest BCUT2D eigenvalue weighted by Gasteiger charge is -2.13. The fourth-order valence-corrected chi connectivity index (χ4v) is 2.04. The zero-order valence-electron chi connectivity index (χ0n) is 10.1. The van der Waals surface area contributed by atoms with E-state index in [-0.39, 0.29) is 0 Å². The molecule has 0 radical (unpaired) electrons. The summed E-state index contributed by atoms with van der Waals surface area (Å²) in [6.45, 7) is 4.16. The predicted molar refractivity (Wildman–Crippen MR) is 66.5 cm³/mol. The lowest BCUT2D eigenvalue weighted by atomic mass is 10.0. The van der Waals surface area contributed by atoms with Crippen LogP contribution in [-0.2, 0) is 0 Å². The van der Waals surface area contributed by atoms with Gasteiger partial charge in [0.25, 0.3) is 0 Å². The summed E-state index contributed by atoms with van der Waals surface area (Å²) in [7, 11) is 3.40. The van der Waals surface area contributed by atoms with E-state index in [2.05, 4.69) is 26.0 Å².